The molecule has 0 radical (unpaired) electrons. The van der Waals surface area contributed by atoms with E-state index in [1.54, 1.807) is 0 Å². The van der Waals surface area contributed by atoms with Crippen molar-refractivity contribution >= 4 is 5.78 Å². The first kappa shape index (κ1) is 8.72. The Kier molecular flexibility index (Phi) is 3.06. The molecule has 1 aliphatic carbocycles. The van der Waals surface area contributed by atoms with Crippen LogP contribution in [0.1, 0.15) is 33.1 Å². The summed E-state index contributed by atoms with van der Waals surface area (Å²) in [6.07, 6.45) is 2.98. The molecule has 0 spiro atoms. The van der Waals surface area contributed by atoms with Crippen LogP contribution in [-0.4, -0.2) is 18.5 Å². The number of hydrogen-bond acceptors (Lipinski definition) is 2. The Morgan fingerprint density at radius 3 is 2.91 bits per heavy atom. The van der Waals surface area contributed by atoms with E-state index in [-0.39, 0.29) is 12.0 Å². The number of rotatable bonds is 3. The Bertz CT molecular complexity index is 142. The van der Waals surface area contributed by atoms with Crippen LogP contribution in [0, 0.1) is 5.92 Å². The van der Waals surface area contributed by atoms with Crippen molar-refractivity contribution in [2.24, 2.45) is 5.92 Å². The maximum Gasteiger partial charge on any atom is 0.138 e. The summed E-state index contributed by atoms with van der Waals surface area (Å²) in [7, 11) is 0. The minimum absolute atomic E-state index is 0.134. The van der Waals surface area contributed by atoms with Crippen molar-refractivity contribution in [1.29, 1.82) is 0 Å². The van der Waals surface area contributed by atoms with E-state index in [0.29, 0.717) is 12.4 Å². The third-order valence-corrected chi connectivity index (χ3v) is 2.35. The molecule has 0 aromatic rings. The van der Waals surface area contributed by atoms with Crippen LogP contribution in [0.3, 0.4) is 0 Å². The van der Waals surface area contributed by atoms with Crippen LogP contribution in [0.2, 0.25) is 0 Å². The van der Waals surface area contributed by atoms with Crippen LogP contribution in [-0.2, 0) is 9.53 Å². The van der Waals surface area contributed by atoms with E-state index in [2.05, 4.69) is 0 Å². The van der Waals surface area contributed by atoms with Crippen molar-refractivity contribution in [1.82, 2.24) is 0 Å². The Morgan fingerprint density at radius 1 is 1.73 bits per heavy atom. The van der Waals surface area contributed by atoms with Gasteiger partial charge in [0.2, 0.25) is 0 Å². The maximum atomic E-state index is 11.2. The molecule has 0 N–H and O–H groups in total. The first-order valence-corrected chi connectivity index (χ1v) is 4.40. The highest BCUT2D eigenvalue weighted by Gasteiger charge is 2.29. The molecule has 0 heterocycles. The molecule has 0 aliphatic heterocycles. The summed E-state index contributed by atoms with van der Waals surface area (Å²) in [5, 5.41) is 0. The molecule has 1 fully saturated rings. The van der Waals surface area contributed by atoms with E-state index in [1.807, 2.05) is 13.8 Å². The van der Waals surface area contributed by atoms with Gasteiger partial charge in [0.25, 0.3) is 0 Å². The normalized spacial score (nSPS) is 27.5. The van der Waals surface area contributed by atoms with Crippen LogP contribution < -0.4 is 0 Å². The zero-order valence-corrected chi connectivity index (χ0v) is 7.30. The van der Waals surface area contributed by atoms with Crippen LogP contribution in [0.4, 0.5) is 0 Å². The van der Waals surface area contributed by atoms with E-state index in [1.165, 1.54) is 0 Å². The average Bonchev–Trinajstić information content (AvgIpc) is 2.36. The summed E-state index contributed by atoms with van der Waals surface area (Å²) in [6.45, 7) is 4.68. The van der Waals surface area contributed by atoms with Gasteiger partial charge >= 0.3 is 0 Å². The minimum Gasteiger partial charge on any atom is -0.378 e. The summed E-state index contributed by atoms with van der Waals surface area (Å²) in [5.41, 5.74) is 0. The zero-order chi connectivity index (χ0) is 8.27. The summed E-state index contributed by atoms with van der Waals surface area (Å²) < 4.78 is 5.38. The van der Waals surface area contributed by atoms with Gasteiger partial charge in [0.1, 0.15) is 5.78 Å². The molecule has 0 amide bonds. The fourth-order valence-corrected chi connectivity index (χ4v) is 1.72. The predicted molar refractivity (Wildman–Crippen MR) is 43.4 cm³/mol. The lowest BCUT2D eigenvalue weighted by Crippen LogP contribution is -2.23. The summed E-state index contributed by atoms with van der Waals surface area (Å²) in [4.78, 5) is 11.2. The van der Waals surface area contributed by atoms with Crippen molar-refractivity contribution < 1.29 is 9.53 Å². The molecule has 11 heavy (non-hydrogen) atoms. The van der Waals surface area contributed by atoms with Gasteiger partial charge in [0.15, 0.2) is 0 Å². The molecule has 2 atom stereocenters. The molecule has 2 nitrogen and oxygen atoms in total. The lowest BCUT2D eigenvalue weighted by atomic mass is 10.0. The maximum absolute atomic E-state index is 11.2. The van der Waals surface area contributed by atoms with Gasteiger partial charge in [-0.05, 0) is 26.7 Å². The molecule has 0 aromatic heterocycles. The molecule has 0 aromatic carbocycles. The fourth-order valence-electron chi connectivity index (χ4n) is 1.72. The van der Waals surface area contributed by atoms with E-state index in [0.717, 1.165) is 19.3 Å². The van der Waals surface area contributed by atoms with Crippen LogP contribution in [0.15, 0.2) is 0 Å². The molecular formula is C9H16O2. The van der Waals surface area contributed by atoms with Crippen LogP contribution in [0.5, 0.6) is 0 Å². The summed E-state index contributed by atoms with van der Waals surface area (Å²) in [5.74, 6) is 0.584. The SMILES string of the molecule is CCO[C@@H](C)[C@H]1CCCC1=O. The molecule has 1 rings (SSSR count). The second-order valence-electron chi connectivity index (χ2n) is 3.13. The van der Waals surface area contributed by atoms with Gasteiger partial charge in [-0.15, -0.1) is 0 Å². The molecule has 2 heteroatoms. The van der Waals surface area contributed by atoms with E-state index < -0.39 is 0 Å². The third kappa shape index (κ3) is 2.03. The Labute approximate surface area is 67.9 Å². The van der Waals surface area contributed by atoms with Gasteiger partial charge in [-0.3, -0.25) is 4.79 Å². The number of Topliss-reactive ketones (excluding diaryl/α,β-unsaturated/α-hetero) is 1. The van der Waals surface area contributed by atoms with E-state index >= 15 is 0 Å². The van der Waals surface area contributed by atoms with Gasteiger partial charge in [0, 0.05) is 18.9 Å². The van der Waals surface area contributed by atoms with E-state index in [4.69, 9.17) is 4.74 Å². The average molecular weight is 156 g/mol. The highest BCUT2D eigenvalue weighted by molar-refractivity contribution is 5.83. The molecular weight excluding hydrogens is 140 g/mol. The van der Waals surface area contributed by atoms with Crippen molar-refractivity contribution in [3.05, 3.63) is 0 Å². The molecule has 1 saturated carbocycles. The van der Waals surface area contributed by atoms with Gasteiger partial charge < -0.3 is 4.74 Å². The first-order valence-electron chi connectivity index (χ1n) is 4.40. The highest BCUT2D eigenvalue weighted by Crippen LogP contribution is 2.25. The van der Waals surface area contributed by atoms with Gasteiger partial charge in [0.05, 0.1) is 6.10 Å². The Hall–Kier alpha value is -0.370. The molecule has 64 valence electrons. The second-order valence-corrected chi connectivity index (χ2v) is 3.13. The summed E-state index contributed by atoms with van der Waals surface area (Å²) >= 11 is 0. The van der Waals surface area contributed by atoms with Crippen molar-refractivity contribution in [2.75, 3.05) is 6.61 Å². The van der Waals surface area contributed by atoms with Crippen molar-refractivity contribution in [2.45, 2.75) is 39.2 Å². The Morgan fingerprint density at radius 2 is 2.45 bits per heavy atom. The van der Waals surface area contributed by atoms with Crippen LogP contribution in [0.25, 0.3) is 0 Å². The van der Waals surface area contributed by atoms with Gasteiger partial charge in [-0.2, -0.15) is 0 Å². The smallest absolute Gasteiger partial charge is 0.138 e. The molecule has 0 bridgehead atoms. The van der Waals surface area contributed by atoms with Gasteiger partial charge in [-0.25, -0.2) is 0 Å². The number of ether oxygens (including phenoxy) is 1. The van der Waals surface area contributed by atoms with Crippen LogP contribution >= 0.6 is 0 Å². The summed E-state index contributed by atoms with van der Waals surface area (Å²) in [6, 6.07) is 0. The quantitative estimate of drug-likeness (QED) is 0.622. The van der Waals surface area contributed by atoms with Crippen molar-refractivity contribution in [3.63, 3.8) is 0 Å². The Balaban J connectivity index is 2.39. The largest absolute Gasteiger partial charge is 0.378 e. The lowest BCUT2D eigenvalue weighted by molar-refractivity contribution is -0.124. The standard InChI is InChI=1S/C9H16O2/c1-3-11-7(2)8-5-4-6-9(8)10/h7-8H,3-6H2,1-2H3/t7-,8+/m0/s1. The number of carbonyl (C=O) groups is 1. The zero-order valence-electron chi connectivity index (χ0n) is 7.30. The molecule has 0 saturated heterocycles. The number of carbonyl (C=O) groups excluding carboxylic acids is 1. The van der Waals surface area contributed by atoms with E-state index in [9.17, 15) is 4.79 Å². The predicted octanol–water partition coefficient (Wildman–Crippen LogP) is 1.78. The topological polar surface area (TPSA) is 26.3 Å². The number of ketones is 1. The lowest BCUT2D eigenvalue weighted by Gasteiger charge is -2.16. The molecule has 0 unspecified atom stereocenters. The van der Waals surface area contributed by atoms with Gasteiger partial charge in [-0.1, -0.05) is 0 Å². The first-order chi connectivity index (χ1) is 5.25. The fraction of sp³-hybridized carbons (Fsp3) is 0.889. The van der Waals surface area contributed by atoms with Crippen molar-refractivity contribution in [3.8, 4) is 0 Å². The monoisotopic (exact) mass is 156 g/mol. The highest BCUT2D eigenvalue weighted by atomic mass is 16.5. The second kappa shape index (κ2) is 3.86. The molecule has 1 aliphatic rings. The third-order valence-electron chi connectivity index (χ3n) is 2.35. The minimum atomic E-state index is 0.134. The number of hydrogen-bond donors (Lipinski definition) is 0.